The maximum atomic E-state index is 11.8. The monoisotopic (exact) mass is 336 g/mol. The quantitative estimate of drug-likeness (QED) is 0.523. The van der Waals surface area contributed by atoms with E-state index in [1.807, 2.05) is 6.07 Å². The van der Waals surface area contributed by atoms with Gasteiger partial charge in [-0.3, -0.25) is 0 Å². The van der Waals surface area contributed by atoms with Gasteiger partial charge < -0.3 is 26.8 Å². The van der Waals surface area contributed by atoms with Crippen LogP contribution in [0.3, 0.4) is 0 Å². The summed E-state index contributed by atoms with van der Waals surface area (Å²) < 4.78 is 11.9. The van der Waals surface area contributed by atoms with Gasteiger partial charge in [-0.15, -0.1) is 0 Å². The van der Waals surface area contributed by atoms with Crippen molar-refractivity contribution in [3.8, 4) is 5.75 Å². The maximum Gasteiger partial charge on any atom is 0.414 e. The molecule has 1 amide bonds. The van der Waals surface area contributed by atoms with Gasteiger partial charge in [0, 0.05) is 20.2 Å². The topological polar surface area (TPSA) is 59.7 Å². The van der Waals surface area contributed by atoms with Crippen LogP contribution >= 0.6 is 0 Å². The highest BCUT2D eigenvalue weighted by Gasteiger charge is 2.12. The molecule has 0 aliphatic rings. The van der Waals surface area contributed by atoms with Crippen molar-refractivity contribution in [1.82, 2.24) is 4.90 Å². The molecule has 0 fully saturated rings. The van der Waals surface area contributed by atoms with E-state index < -0.39 is 12.1 Å². The third-order valence-electron chi connectivity index (χ3n) is 2.76. The molecule has 2 rings (SSSR count). The Hall–Kier alpha value is -2.60. The fourth-order valence-corrected chi connectivity index (χ4v) is 1.62. The minimum Gasteiger partial charge on any atom is -1.00 e. The predicted octanol–water partition coefficient (Wildman–Crippen LogP) is -1.15. The van der Waals surface area contributed by atoms with Crippen LogP contribution in [0.5, 0.6) is 5.75 Å². The Morgan fingerprint density at radius 1 is 1.09 bits per heavy atom. The van der Waals surface area contributed by atoms with Crippen LogP contribution < -0.4 is 21.7 Å². The summed E-state index contributed by atoms with van der Waals surface area (Å²) in [6, 6.07) is 12.1. The number of amides is 1. The Kier molecular flexibility index (Phi) is 7.02. The van der Waals surface area contributed by atoms with Gasteiger partial charge in [0.1, 0.15) is 0 Å². The van der Waals surface area contributed by atoms with E-state index >= 15 is 0 Å². The summed E-state index contributed by atoms with van der Waals surface area (Å²) in [4.78, 5) is 24.7. The zero-order valence-corrected chi connectivity index (χ0v) is 13.6. The second-order valence-electron chi connectivity index (χ2n) is 4.74. The third-order valence-corrected chi connectivity index (χ3v) is 2.76. The second kappa shape index (κ2) is 8.75. The number of halogens is 1. The first kappa shape index (κ1) is 18.4. The lowest BCUT2D eigenvalue weighted by atomic mass is 10.2. The number of pyridine rings is 1. The van der Waals surface area contributed by atoms with Crippen LogP contribution in [0.25, 0.3) is 0 Å². The Balaban J connectivity index is 0.00000264. The molecule has 0 aliphatic carbocycles. The molecule has 0 saturated carbocycles. The molecule has 0 saturated heterocycles. The van der Waals surface area contributed by atoms with E-state index in [1.54, 1.807) is 67.5 Å². The summed E-state index contributed by atoms with van der Waals surface area (Å²) in [6.45, 7) is 0.0289. The van der Waals surface area contributed by atoms with E-state index in [2.05, 4.69) is 0 Å². The highest BCUT2D eigenvalue weighted by Crippen LogP contribution is 2.07. The Labute approximate surface area is 140 Å². The smallest absolute Gasteiger partial charge is 0.414 e. The number of aromatic nitrogens is 1. The molecule has 23 heavy (non-hydrogen) atoms. The standard InChI is InChI=1S/C16H17N2O4.ClH/c1-17(2)16(20)22-14-9-6-10-18(11-14)12-21-15(19)13-7-4-3-5-8-13;/h3-11H,12H2,1-2H3;1H/q+1;/p-1. The average Bonchev–Trinajstić information content (AvgIpc) is 2.53. The average molecular weight is 337 g/mol. The number of nitrogens with zero attached hydrogens (tertiary/aromatic N) is 2. The number of esters is 1. The highest BCUT2D eigenvalue weighted by molar-refractivity contribution is 5.89. The Morgan fingerprint density at radius 3 is 2.43 bits per heavy atom. The first-order valence-electron chi connectivity index (χ1n) is 6.66. The summed E-state index contributed by atoms with van der Waals surface area (Å²) >= 11 is 0. The number of ether oxygens (including phenoxy) is 2. The van der Waals surface area contributed by atoms with Gasteiger partial charge in [-0.05, 0) is 18.2 Å². The van der Waals surface area contributed by atoms with Gasteiger partial charge in [0.05, 0.1) is 5.56 Å². The molecule has 0 N–H and O–H groups in total. The minimum absolute atomic E-state index is 0. The Morgan fingerprint density at radius 2 is 1.78 bits per heavy atom. The molecule has 7 heteroatoms. The van der Waals surface area contributed by atoms with Crippen molar-refractivity contribution in [2.45, 2.75) is 6.73 Å². The molecule has 0 radical (unpaired) electrons. The fourth-order valence-electron chi connectivity index (χ4n) is 1.62. The maximum absolute atomic E-state index is 11.8. The number of carbonyl (C=O) groups excluding carboxylic acids is 2. The van der Waals surface area contributed by atoms with Crippen LogP contribution in [0.15, 0.2) is 54.9 Å². The summed E-state index contributed by atoms with van der Waals surface area (Å²) in [5, 5.41) is 0. The fraction of sp³-hybridized carbons (Fsp3) is 0.188. The zero-order valence-electron chi connectivity index (χ0n) is 12.8. The predicted molar refractivity (Wildman–Crippen MR) is 78.2 cm³/mol. The van der Waals surface area contributed by atoms with E-state index in [1.165, 1.54) is 4.90 Å². The number of benzene rings is 1. The van der Waals surface area contributed by atoms with Crippen LogP contribution in [0.4, 0.5) is 4.79 Å². The van der Waals surface area contributed by atoms with Crippen LogP contribution in [0.1, 0.15) is 10.4 Å². The van der Waals surface area contributed by atoms with Crippen LogP contribution in [-0.4, -0.2) is 31.1 Å². The summed E-state index contributed by atoms with van der Waals surface area (Å²) in [6.07, 6.45) is 2.82. The van der Waals surface area contributed by atoms with Crippen molar-refractivity contribution in [3.05, 3.63) is 60.4 Å². The second-order valence-corrected chi connectivity index (χ2v) is 4.74. The lowest BCUT2D eigenvalue weighted by molar-refractivity contribution is -0.727. The van der Waals surface area contributed by atoms with E-state index in [9.17, 15) is 9.59 Å². The van der Waals surface area contributed by atoms with Crippen LogP contribution in [0.2, 0.25) is 0 Å². The number of hydrogen-bond acceptors (Lipinski definition) is 4. The molecule has 0 unspecified atom stereocenters. The van der Waals surface area contributed by atoms with Crippen molar-refractivity contribution < 1.29 is 36.0 Å². The minimum atomic E-state index is -0.473. The molecular weight excluding hydrogens is 320 g/mol. The van der Waals surface area contributed by atoms with Gasteiger partial charge >= 0.3 is 12.1 Å². The van der Waals surface area contributed by atoms with Gasteiger partial charge in [-0.25, -0.2) is 9.59 Å². The lowest BCUT2D eigenvalue weighted by Gasteiger charge is -2.09. The molecule has 0 atom stereocenters. The van der Waals surface area contributed by atoms with Gasteiger partial charge in [0.15, 0.2) is 11.9 Å². The molecule has 2 aromatic rings. The van der Waals surface area contributed by atoms with Gasteiger partial charge in [0.25, 0.3) is 6.73 Å². The molecular formula is C16H17ClN2O4. The normalized spacial score (nSPS) is 9.48. The van der Waals surface area contributed by atoms with Crippen molar-refractivity contribution in [2.24, 2.45) is 0 Å². The number of carbonyl (C=O) groups is 2. The first-order chi connectivity index (χ1) is 10.6. The lowest BCUT2D eigenvalue weighted by Crippen LogP contribution is -3.00. The molecule has 122 valence electrons. The van der Waals surface area contributed by atoms with Gasteiger partial charge in [-0.2, -0.15) is 4.57 Å². The molecule has 0 bridgehead atoms. The highest BCUT2D eigenvalue weighted by atomic mass is 35.5. The molecule has 0 spiro atoms. The van der Waals surface area contributed by atoms with Gasteiger partial charge in [0.2, 0.25) is 6.20 Å². The van der Waals surface area contributed by atoms with Crippen LogP contribution in [0, 0.1) is 0 Å². The number of hydrogen-bond donors (Lipinski definition) is 0. The summed E-state index contributed by atoms with van der Waals surface area (Å²) in [5.41, 5.74) is 0.485. The summed E-state index contributed by atoms with van der Waals surface area (Å²) in [7, 11) is 3.20. The zero-order chi connectivity index (χ0) is 15.9. The molecule has 1 heterocycles. The molecule has 1 aromatic carbocycles. The molecule has 6 nitrogen and oxygen atoms in total. The number of rotatable bonds is 4. The van der Waals surface area contributed by atoms with Crippen molar-refractivity contribution >= 4 is 12.1 Å². The van der Waals surface area contributed by atoms with E-state index in [0.29, 0.717) is 11.3 Å². The SMILES string of the molecule is CN(C)C(=O)Oc1ccc[n+](COC(=O)c2ccccc2)c1.[Cl-]. The van der Waals surface area contributed by atoms with E-state index in [-0.39, 0.29) is 19.1 Å². The largest absolute Gasteiger partial charge is 1.00 e. The van der Waals surface area contributed by atoms with Crippen molar-refractivity contribution in [2.75, 3.05) is 14.1 Å². The summed E-state index contributed by atoms with van der Waals surface area (Å²) in [5.74, 6) is -0.0410. The van der Waals surface area contributed by atoms with Crippen molar-refractivity contribution in [3.63, 3.8) is 0 Å². The molecule has 1 aromatic heterocycles. The Bertz CT molecular complexity index is 662. The van der Waals surface area contributed by atoms with E-state index in [0.717, 1.165) is 0 Å². The first-order valence-corrected chi connectivity index (χ1v) is 6.66. The third kappa shape index (κ3) is 5.60. The molecule has 0 aliphatic heterocycles. The van der Waals surface area contributed by atoms with Gasteiger partial charge in [-0.1, -0.05) is 18.2 Å². The van der Waals surface area contributed by atoms with E-state index in [4.69, 9.17) is 9.47 Å². The van der Waals surface area contributed by atoms with Crippen molar-refractivity contribution in [1.29, 1.82) is 0 Å². The van der Waals surface area contributed by atoms with Crippen LogP contribution in [-0.2, 0) is 11.5 Å².